The number of carbonyl (C=O) groups excluding carboxylic acids is 1. The Morgan fingerprint density at radius 3 is 2.48 bits per heavy atom. The fourth-order valence-corrected chi connectivity index (χ4v) is 4.13. The van der Waals surface area contributed by atoms with Crippen molar-refractivity contribution in [3.8, 4) is 5.75 Å². The molecule has 0 spiro atoms. The third-order valence-electron chi connectivity index (χ3n) is 5.58. The fraction of sp³-hybridized carbons (Fsp3) is 0.435. The highest BCUT2D eigenvalue weighted by Gasteiger charge is 2.28. The largest absolute Gasteiger partial charge is 0.496 e. The van der Waals surface area contributed by atoms with Crippen LogP contribution < -0.4 is 10.1 Å². The number of amides is 1. The van der Waals surface area contributed by atoms with E-state index in [0.29, 0.717) is 12.3 Å². The number of para-hydroxylation sites is 1. The van der Waals surface area contributed by atoms with Gasteiger partial charge in [-0.15, -0.1) is 0 Å². The summed E-state index contributed by atoms with van der Waals surface area (Å²) in [5.41, 5.74) is 2.02. The summed E-state index contributed by atoms with van der Waals surface area (Å²) in [6, 6.07) is 14.3. The van der Waals surface area contributed by atoms with Crippen molar-refractivity contribution in [3.05, 3.63) is 65.5 Å². The van der Waals surface area contributed by atoms with Crippen LogP contribution in [-0.2, 0) is 4.79 Å². The van der Waals surface area contributed by atoms with Crippen molar-refractivity contribution < 1.29 is 13.9 Å². The Morgan fingerprint density at radius 1 is 1.15 bits per heavy atom. The van der Waals surface area contributed by atoms with Gasteiger partial charge in [0.15, 0.2) is 0 Å². The van der Waals surface area contributed by atoms with Crippen LogP contribution >= 0.6 is 0 Å². The van der Waals surface area contributed by atoms with Gasteiger partial charge in [0.05, 0.1) is 13.2 Å². The number of ether oxygens (including phenoxy) is 1. The molecule has 27 heavy (non-hydrogen) atoms. The second kappa shape index (κ2) is 9.03. The van der Waals surface area contributed by atoms with Crippen molar-refractivity contribution in [1.29, 1.82) is 0 Å². The van der Waals surface area contributed by atoms with E-state index in [1.165, 1.54) is 25.0 Å². The zero-order valence-corrected chi connectivity index (χ0v) is 16.1. The van der Waals surface area contributed by atoms with E-state index >= 15 is 0 Å². The highest BCUT2D eigenvalue weighted by atomic mass is 19.1. The molecule has 1 fully saturated rings. The van der Waals surface area contributed by atoms with Gasteiger partial charge in [0.1, 0.15) is 11.6 Å². The number of halogens is 1. The van der Waals surface area contributed by atoms with Gasteiger partial charge in [-0.25, -0.2) is 4.39 Å². The van der Waals surface area contributed by atoms with Gasteiger partial charge in [0.2, 0.25) is 5.91 Å². The molecular formula is C23H28FNO2. The number of carbonyl (C=O) groups is 1. The minimum atomic E-state index is -0.250. The lowest BCUT2D eigenvalue weighted by molar-refractivity contribution is -0.122. The first-order valence-corrected chi connectivity index (χ1v) is 9.76. The Balaban J connectivity index is 1.71. The molecule has 144 valence electrons. The van der Waals surface area contributed by atoms with Crippen LogP contribution in [0.15, 0.2) is 48.5 Å². The van der Waals surface area contributed by atoms with E-state index in [0.717, 1.165) is 29.7 Å². The molecule has 1 N–H and O–H groups in total. The molecule has 0 heterocycles. The molecule has 2 unspecified atom stereocenters. The molecule has 2 aromatic rings. The molecule has 1 aliphatic carbocycles. The summed E-state index contributed by atoms with van der Waals surface area (Å²) < 4.78 is 18.7. The minimum absolute atomic E-state index is 0.0228. The van der Waals surface area contributed by atoms with Crippen LogP contribution in [0.4, 0.5) is 4.39 Å². The molecule has 0 radical (unpaired) electrons. The summed E-state index contributed by atoms with van der Waals surface area (Å²) in [5, 5.41) is 3.23. The van der Waals surface area contributed by atoms with Gasteiger partial charge in [-0.3, -0.25) is 4.79 Å². The van der Waals surface area contributed by atoms with E-state index in [1.54, 1.807) is 19.2 Å². The molecule has 0 aromatic heterocycles. The predicted octanol–water partition coefficient (Wildman–Crippen LogP) is 5.38. The first-order valence-electron chi connectivity index (χ1n) is 9.76. The number of rotatable bonds is 7. The molecule has 0 bridgehead atoms. The van der Waals surface area contributed by atoms with Gasteiger partial charge >= 0.3 is 0 Å². The fourth-order valence-electron chi connectivity index (χ4n) is 4.13. The summed E-state index contributed by atoms with van der Waals surface area (Å²) in [5.74, 6) is 1.05. The maximum absolute atomic E-state index is 13.3. The first kappa shape index (κ1) is 19.4. The summed E-state index contributed by atoms with van der Waals surface area (Å²) in [7, 11) is 1.65. The topological polar surface area (TPSA) is 38.3 Å². The van der Waals surface area contributed by atoms with E-state index < -0.39 is 0 Å². The van der Waals surface area contributed by atoms with Gasteiger partial charge in [0.25, 0.3) is 0 Å². The first-order chi connectivity index (χ1) is 13.1. The van der Waals surface area contributed by atoms with Gasteiger partial charge in [-0.2, -0.15) is 0 Å². The third-order valence-corrected chi connectivity index (χ3v) is 5.58. The monoisotopic (exact) mass is 369 g/mol. The lowest BCUT2D eigenvalue weighted by atomic mass is 9.90. The van der Waals surface area contributed by atoms with Crippen LogP contribution in [0, 0.1) is 11.7 Å². The maximum atomic E-state index is 13.3. The zero-order valence-electron chi connectivity index (χ0n) is 16.1. The Morgan fingerprint density at radius 2 is 1.81 bits per heavy atom. The van der Waals surface area contributed by atoms with E-state index in [-0.39, 0.29) is 23.7 Å². The Labute approximate surface area is 160 Å². The summed E-state index contributed by atoms with van der Waals surface area (Å²) in [6.45, 7) is 2.04. The smallest absolute Gasteiger partial charge is 0.221 e. The molecule has 1 aliphatic rings. The highest BCUT2D eigenvalue weighted by Crippen LogP contribution is 2.36. The summed E-state index contributed by atoms with van der Waals surface area (Å²) in [4.78, 5) is 12.8. The van der Waals surface area contributed by atoms with Crippen molar-refractivity contribution in [2.45, 2.75) is 51.0 Å². The molecule has 2 aromatic carbocycles. The summed E-state index contributed by atoms with van der Waals surface area (Å²) in [6.07, 6.45) is 4.98. The van der Waals surface area contributed by atoms with Crippen LogP contribution in [-0.4, -0.2) is 13.0 Å². The van der Waals surface area contributed by atoms with Crippen molar-refractivity contribution in [3.63, 3.8) is 0 Å². The number of methoxy groups -OCH3 is 1. The van der Waals surface area contributed by atoms with Gasteiger partial charge in [0, 0.05) is 6.42 Å². The Kier molecular flexibility index (Phi) is 6.49. The zero-order chi connectivity index (χ0) is 19.2. The number of hydrogen-bond acceptors (Lipinski definition) is 2. The second-order valence-corrected chi connectivity index (χ2v) is 7.49. The molecule has 3 rings (SSSR count). The van der Waals surface area contributed by atoms with Gasteiger partial charge < -0.3 is 10.1 Å². The summed E-state index contributed by atoms with van der Waals surface area (Å²) >= 11 is 0. The minimum Gasteiger partial charge on any atom is -0.496 e. The quantitative estimate of drug-likeness (QED) is 0.712. The van der Waals surface area contributed by atoms with Crippen molar-refractivity contribution >= 4 is 5.91 Å². The molecule has 0 aliphatic heterocycles. The standard InChI is InChI=1S/C23H28FNO2/c1-16(20-9-5-6-10-21(20)27-2)15-22(26)25-23(17-7-3-4-8-17)18-11-13-19(24)14-12-18/h5-6,9-14,16-17,23H,3-4,7-8,15H2,1-2H3,(H,25,26). The Bertz CT molecular complexity index is 753. The SMILES string of the molecule is COc1ccccc1C(C)CC(=O)NC(c1ccc(F)cc1)C1CCCC1. The number of hydrogen-bond donors (Lipinski definition) is 1. The second-order valence-electron chi connectivity index (χ2n) is 7.49. The molecule has 2 atom stereocenters. The number of nitrogens with one attached hydrogen (secondary N) is 1. The molecule has 3 nitrogen and oxygen atoms in total. The molecule has 4 heteroatoms. The third kappa shape index (κ3) is 4.88. The Hall–Kier alpha value is -2.36. The number of benzene rings is 2. The van der Waals surface area contributed by atoms with E-state index in [4.69, 9.17) is 4.74 Å². The maximum Gasteiger partial charge on any atom is 0.221 e. The van der Waals surface area contributed by atoms with Crippen molar-refractivity contribution in [1.82, 2.24) is 5.32 Å². The van der Waals surface area contributed by atoms with Crippen LogP contribution in [0.1, 0.15) is 62.1 Å². The van der Waals surface area contributed by atoms with Gasteiger partial charge in [-0.05, 0) is 54.0 Å². The van der Waals surface area contributed by atoms with Crippen molar-refractivity contribution in [2.24, 2.45) is 5.92 Å². The van der Waals surface area contributed by atoms with Crippen LogP contribution in [0.5, 0.6) is 5.75 Å². The van der Waals surface area contributed by atoms with Crippen molar-refractivity contribution in [2.75, 3.05) is 7.11 Å². The molecule has 0 saturated heterocycles. The molecule has 1 saturated carbocycles. The average molecular weight is 369 g/mol. The molecule has 1 amide bonds. The lowest BCUT2D eigenvalue weighted by Crippen LogP contribution is -2.33. The predicted molar refractivity (Wildman–Crippen MR) is 105 cm³/mol. The van der Waals surface area contributed by atoms with Gasteiger partial charge in [-0.1, -0.05) is 50.1 Å². The van der Waals surface area contributed by atoms with E-state index in [9.17, 15) is 9.18 Å². The van der Waals surface area contributed by atoms with E-state index in [1.807, 2.05) is 31.2 Å². The van der Waals surface area contributed by atoms with Crippen LogP contribution in [0.3, 0.4) is 0 Å². The normalized spacial score (nSPS) is 16.7. The average Bonchev–Trinajstić information content (AvgIpc) is 3.21. The van der Waals surface area contributed by atoms with Crippen LogP contribution in [0.2, 0.25) is 0 Å². The van der Waals surface area contributed by atoms with Crippen LogP contribution in [0.25, 0.3) is 0 Å². The molecular weight excluding hydrogens is 341 g/mol. The lowest BCUT2D eigenvalue weighted by Gasteiger charge is -2.26. The highest BCUT2D eigenvalue weighted by molar-refractivity contribution is 5.77. The van der Waals surface area contributed by atoms with E-state index in [2.05, 4.69) is 5.32 Å².